The van der Waals surface area contributed by atoms with Crippen molar-refractivity contribution in [2.45, 2.75) is 65.5 Å². The average Bonchev–Trinajstić information content (AvgIpc) is 2.44. The zero-order valence-electron chi connectivity index (χ0n) is 13.0. The van der Waals surface area contributed by atoms with E-state index < -0.39 is 0 Å². The number of carbonyl (C=O) groups excluding carboxylic acids is 1. The number of rotatable bonds is 6. The molecule has 0 aliphatic carbocycles. The van der Waals surface area contributed by atoms with Gasteiger partial charge in [0.05, 0.1) is 6.04 Å². The van der Waals surface area contributed by atoms with E-state index in [1.807, 2.05) is 6.92 Å². The standard InChI is InChI=1S/C15H31N3O/c1-5-13(6-2)17-14(19)12(3)18-9-7-15(4,11-16)8-10-18/h12-13H,5-11,16H2,1-4H3,(H,17,19). The number of likely N-dealkylation sites (tertiary alicyclic amines) is 1. The van der Waals surface area contributed by atoms with Crippen LogP contribution < -0.4 is 11.1 Å². The predicted octanol–water partition coefficient (Wildman–Crippen LogP) is 1.74. The van der Waals surface area contributed by atoms with Crippen LogP contribution in [0.2, 0.25) is 0 Å². The van der Waals surface area contributed by atoms with Crippen LogP contribution in [0.1, 0.15) is 53.4 Å². The van der Waals surface area contributed by atoms with Gasteiger partial charge in [0.1, 0.15) is 0 Å². The van der Waals surface area contributed by atoms with Crippen molar-refractivity contribution in [1.29, 1.82) is 0 Å². The highest BCUT2D eigenvalue weighted by atomic mass is 16.2. The Morgan fingerprint density at radius 2 is 1.84 bits per heavy atom. The van der Waals surface area contributed by atoms with Crippen molar-refractivity contribution in [3.05, 3.63) is 0 Å². The summed E-state index contributed by atoms with van der Waals surface area (Å²) in [6.45, 7) is 11.2. The lowest BCUT2D eigenvalue weighted by Gasteiger charge is -2.41. The van der Waals surface area contributed by atoms with E-state index in [-0.39, 0.29) is 17.4 Å². The van der Waals surface area contributed by atoms with Crippen LogP contribution in [0.25, 0.3) is 0 Å². The zero-order chi connectivity index (χ0) is 14.5. The smallest absolute Gasteiger partial charge is 0.237 e. The van der Waals surface area contributed by atoms with E-state index in [4.69, 9.17) is 5.73 Å². The lowest BCUT2D eigenvalue weighted by Crippen LogP contribution is -2.52. The van der Waals surface area contributed by atoms with Crippen LogP contribution in [0.15, 0.2) is 0 Å². The van der Waals surface area contributed by atoms with Crippen molar-refractivity contribution < 1.29 is 4.79 Å². The molecule has 0 bridgehead atoms. The molecule has 0 spiro atoms. The lowest BCUT2D eigenvalue weighted by molar-refractivity contribution is -0.127. The van der Waals surface area contributed by atoms with Crippen molar-refractivity contribution in [3.63, 3.8) is 0 Å². The Morgan fingerprint density at radius 1 is 1.32 bits per heavy atom. The maximum absolute atomic E-state index is 12.2. The predicted molar refractivity (Wildman–Crippen MR) is 79.9 cm³/mol. The lowest BCUT2D eigenvalue weighted by atomic mass is 9.80. The molecule has 1 saturated heterocycles. The number of amides is 1. The van der Waals surface area contributed by atoms with Gasteiger partial charge in [-0.2, -0.15) is 0 Å². The summed E-state index contributed by atoms with van der Waals surface area (Å²) in [4.78, 5) is 14.5. The average molecular weight is 269 g/mol. The molecule has 1 amide bonds. The fraction of sp³-hybridized carbons (Fsp3) is 0.933. The molecular formula is C15H31N3O. The van der Waals surface area contributed by atoms with Crippen molar-refractivity contribution >= 4 is 5.91 Å². The molecule has 1 heterocycles. The van der Waals surface area contributed by atoms with Gasteiger partial charge in [0.15, 0.2) is 0 Å². The second kappa shape index (κ2) is 7.25. The fourth-order valence-corrected chi connectivity index (χ4v) is 2.64. The summed E-state index contributed by atoms with van der Waals surface area (Å²) in [7, 11) is 0. The highest BCUT2D eigenvalue weighted by molar-refractivity contribution is 5.81. The van der Waals surface area contributed by atoms with Gasteiger partial charge in [-0.05, 0) is 57.7 Å². The van der Waals surface area contributed by atoms with Crippen LogP contribution in [-0.4, -0.2) is 42.5 Å². The summed E-state index contributed by atoms with van der Waals surface area (Å²) in [6, 6.07) is 0.289. The first-order chi connectivity index (χ1) is 8.95. The van der Waals surface area contributed by atoms with Gasteiger partial charge in [0, 0.05) is 6.04 Å². The van der Waals surface area contributed by atoms with Crippen molar-refractivity contribution in [1.82, 2.24) is 10.2 Å². The van der Waals surface area contributed by atoms with Gasteiger partial charge < -0.3 is 11.1 Å². The molecule has 0 saturated carbocycles. The number of hydrogen-bond acceptors (Lipinski definition) is 3. The molecule has 112 valence electrons. The van der Waals surface area contributed by atoms with Gasteiger partial charge in [-0.15, -0.1) is 0 Å². The SMILES string of the molecule is CCC(CC)NC(=O)C(C)N1CCC(C)(CN)CC1. The number of nitrogens with one attached hydrogen (secondary N) is 1. The Bertz CT molecular complexity index is 281. The molecular weight excluding hydrogens is 238 g/mol. The fourth-order valence-electron chi connectivity index (χ4n) is 2.64. The largest absolute Gasteiger partial charge is 0.352 e. The van der Waals surface area contributed by atoms with Crippen molar-refractivity contribution in [2.75, 3.05) is 19.6 Å². The van der Waals surface area contributed by atoms with Crippen molar-refractivity contribution in [3.8, 4) is 0 Å². The molecule has 1 rings (SSSR count). The summed E-state index contributed by atoms with van der Waals surface area (Å²) in [5.41, 5.74) is 6.09. The second-order valence-electron chi connectivity index (χ2n) is 6.25. The summed E-state index contributed by atoms with van der Waals surface area (Å²) < 4.78 is 0. The quantitative estimate of drug-likeness (QED) is 0.772. The van der Waals surface area contributed by atoms with Crippen LogP contribution in [-0.2, 0) is 4.79 Å². The van der Waals surface area contributed by atoms with E-state index in [1.54, 1.807) is 0 Å². The molecule has 0 aromatic heterocycles. The maximum atomic E-state index is 12.2. The van der Waals surface area contributed by atoms with Gasteiger partial charge in [0.2, 0.25) is 5.91 Å². The van der Waals surface area contributed by atoms with E-state index in [1.165, 1.54) is 0 Å². The molecule has 1 atom stereocenters. The molecule has 1 aliphatic rings. The summed E-state index contributed by atoms with van der Waals surface area (Å²) >= 11 is 0. The minimum Gasteiger partial charge on any atom is -0.352 e. The monoisotopic (exact) mass is 269 g/mol. The van der Waals surface area contributed by atoms with E-state index in [9.17, 15) is 4.79 Å². The van der Waals surface area contributed by atoms with Gasteiger partial charge in [-0.3, -0.25) is 9.69 Å². The first-order valence-corrected chi connectivity index (χ1v) is 7.70. The van der Waals surface area contributed by atoms with Gasteiger partial charge >= 0.3 is 0 Å². The number of carbonyl (C=O) groups is 1. The van der Waals surface area contributed by atoms with Crippen LogP contribution in [0, 0.1) is 5.41 Å². The maximum Gasteiger partial charge on any atom is 0.237 e. The van der Waals surface area contributed by atoms with Crippen molar-refractivity contribution in [2.24, 2.45) is 11.1 Å². The Balaban J connectivity index is 2.46. The van der Waals surface area contributed by atoms with Gasteiger partial charge in [-0.25, -0.2) is 0 Å². The highest BCUT2D eigenvalue weighted by Gasteiger charge is 2.32. The van der Waals surface area contributed by atoms with Gasteiger partial charge in [0.25, 0.3) is 0 Å². The minimum atomic E-state index is -0.0251. The molecule has 0 radical (unpaired) electrons. The molecule has 19 heavy (non-hydrogen) atoms. The van der Waals surface area contributed by atoms with E-state index in [0.717, 1.165) is 45.3 Å². The summed E-state index contributed by atoms with van der Waals surface area (Å²) in [5, 5.41) is 3.14. The second-order valence-corrected chi connectivity index (χ2v) is 6.25. The van der Waals surface area contributed by atoms with E-state index in [0.29, 0.717) is 6.04 Å². The Hall–Kier alpha value is -0.610. The normalized spacial score (nSPS) is 21.4. The molecule has 4 heteroatoms. The summed E-state index contributed by atoms with van der Waals surface area (Å²) in [5.74, 6) is 0.171. The topological polar surface area (TPSA) is 58.4 Å². The number of nitrogens with zero attached hydrogens (tertiary/aromatic N) is 1. The Morgan fingerprint density at radius 3 is 2.26 bits per heavy atom. The molecule has 1 aliphatic heterocycles. The first kappa shape index (κ1) is 16.4. The zero-order valence-corrected chi connectivity index (χ0v) is 13.0. The van der Waals surface area contributed by atoms with Gasteiger partial charge in [-0.1, -0.05) is 20.8 Å². The van der Waals surface area contributed by atoms with Crippen LogP contribution in [0.5, 0.6) is 0 Å². The Labute approximate surface area is 118 Å². The molecule has 4 nitrogen and oxygen atoms in total. The number of hydrogen-bond donors (Lipinski definition) is 2. The van der Waals surface area contributed by atoms with Crippen LogP contribution in [0.3, 0.4) is 0 Å². The molecule has 0 aromatic carbocycles. The van der Waals surface area contributed by atoms with E-state index in [2.05, 4.69) is 31.0 Å². The third kappa shape index (κ3) is 4.46. The molecule has 1 unspecified atom stereocenters. The molecule has 0 aromatic rings. The minimum absolute atomic E-state index is 0.0251. The molecule has 3 N–H and O–H groups in total. The van der Waals surface area contributed by atoms with Crippen LogP contribution >= 0.6 is 0 Å². The third-order valence-electron chi connectivity index (χ3n) is 4.76. The number of piperidine rings is 1. The molecule has 1 fully saturated rings. The van der Waals surface area contributed by atoms with E-state index >= 15 is 0 Å². The number of nitrogens with two attached hydrogens (primary N) is 1. The third-order valence-corrected chi connectivity index (χ3v) is 4.76. The first-order valence-electron chi connectivity index (χ1n) is 7.70. The summed E-state index contributed by atoms with van der Waals surface area (Å²) in [6.07, 6.45) is 4.18. The van der Waals surface area contributed by atoms with Crippen LogP contribution in [0.4, 0.5) is 0 Å². The Kier molecular flexibility index (Phi) is 6.27. The highest BCUT2D eigenvalue weighted by Crippen LogP contribution is 2.30.